The molecule has 1 fully saturated rings. The molecule has 0 aromatic carbocycles. The molecule has 1 atom stereocenters. The molecule has 8 heteroatoms. The molecule has 26 heavy (non-hydrogen) atoms. The van der Waals surface area contributed by atoms with E-state index in [2.05, 4.69) is 5.32 Å². The summed E-state index contributed by atoms with van der Waals surface area (Å²) in [7, 11) is 0. The van der Waals surface area contributed by atoms with Gasteiger partial charge in [0.15, 0.2) is 0 Å². The summed E-state index contributed by atoms with van der Waals surface area (Å²) in [4.78, 5) is 50.9. The predicted molar refractivity (Wildman–Crippen MR) is 96.1 cm³/mol. The Morgan fingerprint density at radius 3 is 2.46 bits per heavy atom. The fourth-order valence-corrected chi connectivity index (χ4v) is 4.71. The number of rotatable bonds is 5. The fraction of sp³-hybridized carbons (Fsp3) is 0.556. The van der Waals surface area contributed by atoms with Gasteiger partial charge in [0.05, 0.1) is 12.2 Å². The summed E-state index contributed by atoms with van der Waals surface area (Å²) in [6, 6.07) is -0.910. The zero-order valence-corrected chi connectivity index (χ0v) is 15.7. The molecule has 0 spiro atoms. The van der Waals surface area contributed by atoms with E-state index in [1.54, 1.807) is 6.92 Å². The zero-order valence-electron chi connectivity index (χ0n) is 14.9. The highest BCUT2D eigenvalue weighted by atomic mass is 32.1. The standard InChI is InChI=1S/C18H22N2O5S/c1-3-25-18(24)15-11-6-4-5-7-12(11)26-17(15)19-16(23)10(2)20-13(21)8-9-14(20)22/h10H,3-9H2,1-2H3,(H,19,23)/t10-/m0/s1. The number of nitrogens with zero attached hydrogens (tertiary/aromatic N) is 1. The van der Waals surface area contributed by atoms with Gasteiger partial charge in [-0.1, -0.05) is 0 Å². The van der Waals surface area contributed by atoms with Crippen LogP contribution in [0.25, 0.3) is 0 Å². The van der Waals surface area contributed by atoms with Gasteiger partial charge in [-0.25, -0.2) is 4.79 Å². The maximum atomic E-state index is 12.6. The lowest BCUT2D eigenvalue weighted by Crippen LogP contribution is -2.45. The molecular formula is C18H22N2O5S. The van der Waals surface area contributed by atoms with Crippen LogP contribution in [0.4, 0.5) is 5.00 Å². The molecule has 1 aliphatic carbocycles. The van der Waals surface area contributed by atoms with Gasteiger partial charge in [0.25, 0.3) is 0 Å². The first kappa shape index (κ1) is 18.6. The molecule has 2 heterocycles. The first-order valence-electron chi connectivity index (χ1n) is 8.91. The van der Waals surface area contributed by atoms with Crippen molar-refractivity contribution in [2.45, 2.75) is 58.4 Å². The Balaban J connectivity index is 1.85. The van der Waals surface area contributed by atoms with Gasteiger partial charge in [-0.15, -0.1) is 11.3 Å². The molecular weight excluding hydrogens is 356 g/mol. The highest BCUT2D eigenvalue weighted by molar-refractivity contribution is 7.17. The summed E-state index contributed by atoms with van der Waals surface area (Å²) in [5.74, 6) is -1.59. The molecule has 1 aliphatic heterocycles. The molecule has 3 amide bonds. The number of esters is 1. The molecule has 1 aromatic rings. The summed E-state index contributed by atoms with van der Waals surface area (Å²) >= 11 is 1.38. The monoisotopic (exact) mass is 378 g/mol. The molecule has 0 unspecified atom stereocenters. The normalized spacial score (nSPS) is 17.8. The number of carbonyl (C=O) groups is 4. The van der Waals surface area contributed by atoms with Gasteiger partial charge in [-0.2, -0.15) is 0 Å². The molecule has 7 nitrogen and oxygen atoms in total. The van der Waals surface area contributed by atoms with E-state index in [0.717, 1.165) is 41.0 Å². The fourth-order valence-electron chi connectivity index (χ4n) is 3.43. The summed E-state index contributed by atoms with van der Waals surface area (Å²) in [5.41, 5.74) is 1.38. The van der Waals surface area contributed by atoms with Crippen molar-refractivity contribution in [1.29, 1.82) is 0 Å². The van der Waals surface area contributed by atoms with Crippen LogP contribution in [0.5, 0.6) is 0 Å². The van der Waals surface area contributed by atoms with Crippen LogP contribution in [0.15, 0.2) is 0 Å². The zero-order chi connectivity index (χ0) is 18.8. The quantitative estimate of drug-likeness (QED) is 0.627. The lowest BCUT2D eigenvalue weighted by atomic mass is 9.95. The molecule has 0 bridgehead atoms. The van der Waals surface area contributed by atoms with Crippen molar-refractivity contribution >= 4 is 40.0 Å². The maximum Gasteiger partial charge on any atom is 0.341 e. The highest BCUT2D eigenvalue weighted by Crippen LogP contribution is 2.38. The summed E-state index contributed by atoms with van der Waals surface area (Å²) in [6.45, 7) is 3.51. The number of thiophene rings is 1. The van der Waals surface area contributed by atoms with Gasteiger partial charge in [-0.05, 0) is 45.1 Å². The largest absolute Gasteiger partial charge is 0.462 e. The van der Waals surface area contributed by atoms with Gasteiger partial charge in [-0.3, -0.25) is 19.3 Å². The molecule has 0 saturated carbocycles. The van der Waals surface area contributed by atoms with Gasteiger partial charge in [0, 0.05) is 17.7 Å². The smallest absolute Gasteiger partial charge is 0.341 e. The van der Waals surface area contributed by atoms with E-state index in [9.17, 15) is 19.2 Å². The number of likely N-dealkylation sites (tertiary alicyclic amines) is 1. The van der Waals surface area contributed by atoms with Crippen molar-refractivity contribution in [3.05, 3.63) is 16.0 Å². The van der Waals surface area contributed by atoms with Crippen LogP contribution in [0.3, 0.4) is 0 Å². The molecule has 2 aliphatic rings. The first-order valence-corrected chi connectivity index (χ1v) is 9.73. The van der Waals surface area contributed by atoms with Crippen LogP contribution in [0.2, 0.25) is 0 Å². The van der Waals surface area contributed by atoms with Gasteiger partial charge in [0.2, 0.25) is 17.7 Å². The number of carbonyl (C=O) groups excluding carboxylic acids is 4. The average molecular weight is 378 g/mol. The molecule has 0 radical (unpaired) electrons. The Bertz CT molecular complexity index is 754. The van der Waals surface area contributed by atoms with Gasteiger partial charge < -0.3 is 10.1 Å². The van der Waals surface area contributed by atoms with Crippen LogP contribution in [0, 0.1) is 0 Å². The number of imide groups is 1. The third kappa shape index (κ3) is 3.38. The number of ether oxygens (including phenoxy) is 1. The Morgan fingerprint density at radius 1 is 1.15 bits per heavy atom. The summed E-state index contributed by atoms with van der Waals surface area (Å²) < 4.78 is 5.17. The number of anilines is 1. The Hall–Kier alpha value is -2.22. The van der Waals surface area contributed by atoms with E-state index in [-0.39, 0.29) is 31.3 Å². The SMILES string of the molecule is CCOC(=O)c1c(NC(=O)[C@H](C)N2C(=O)CCC2=O)sc2c1CCCC2. The molecule has 1 aromatic heterocycles. The van der Waals surface area contributed by atoms with Crippen LogP contribution >= 0.6 is 11.3 Å². The van der Waals surface area contributed by atoms with E-state index < -0.39 is 17.9 Å². The van der Waals surface area contributed by atoms with E-state index in [1.807, 2.05) is 0 Å². The number of hydrogen-bond acceptors (Lipinski definition) is 6. The topological polar surface area (TPSA) is 92.8 Å². The molecule has 140 valence electrons. The average Bonchev–Trinajstić information content (AvgIpc) is 3.13. The minimum absolute atomic E-state index is 0.137. The third-order valence-corrected chi connectivity index (χ3v) is 5.95. The second-order valence-electron chi connectivity index (χ2n) is 6.46. The van der Waals surface area contributed by atoms with Crippen LogP contribution in [0.1, 0.15) is 60.3 Å². The van der Waals surface area contributed by atoms with E-state index in [4.69, 9.17) is 4.74 Å². The number of hydrogen-bond donors (Lipinski definition) is 1. The number of fused-ring (bicyclic) bond motifs is 1. The lowest BCUT2D eigenvalue weighted by Gasteiger charge is -2.21. The Labute approximate surface area is 155 Å². The van der Waals surface area contributed by atoms with Crippen molar-refractivity contribution in [3.63, 3.8) is 0 Å². The molecule has 3 rings (SSSR count). The van der Waals surface area contributed by atoms with Crippen molar-refractivity contribution in [2.75, 3.05) is 11.9 Å². The number of aryl methyl sites for hydroxylation is 1. The van der Waals surface area contributed by atoms with Crippen molar-refractivity contribution in [2.24, 2.45) is 0 Å². The minimum Gasteiger partial charge on any atom is -0.462 e. The Morgan fingerprint density at radius 2 is 1.81 bits per heavy atom. The van der Waals surface area contributed by atoms with E-state index in [1.165, 1.54) is 18.3 Å². The van der Waals surface area contributed by atoms with Gasteiger partial charge >= 0.3 is 5.97 Å². The minimum atomic E-state index is -0.910. The van der Waals surface area contributed by atoms with E-state index in [0.29, 0.717) is 10.6 Å². The predicted octanol–water partition coefficient (Wildman–Crippen LogP) is 2.28. The van der Waals surface area contributed by atoms with Crippen LogP contribution < -0.4 is 5.32 Å². The number of nitrogens with one attached hydrogen (secondary N) is 1. The second kappa shape index (κ2) is 7.57. The lowest BCUT2D eigenvalue weighted by molar-refractivity contribution is -0.144. The highest BCUT2D eigenvalue weighted by Gasteiger charge is 2.37. The summed E-state index contributed by atoms with van der Waals surface area (Å²) in [5, 5.41) is 3.21. The van der Waals surface area contributed by atoms with Crippen molar-refractivity contribution in [3.8, 4) is 0 Å². The van der Waals surface area contributed by atoms with Crippen LogP contribution in [-0.2, 0) is 32.0 Å². The first-order chi connectivity index (χ1) is 12.4. The van der Waals surface area contributed by atoms with Crippen LogP contribution in [-0.4, -0.2) is 41.2 Å². The van der Waals surface area contributed by atoms with Crippen molar-refractivity contribution in [1.82, 2.24) is 4.90 Å². The van der Waals surface area contributed by atoms with Gasteiger partial charge in [0.1, 0.15) is 11.0 Å². The third-order valence-electron chi connectivity index (χ3n) is 4.74. The molecule has 1 saturated heterocycles. The second-order valence-corrected chi connectivity index (χ2v) is 7.56. The number of amides is 3. The van der Waals surface area contributed by atoms with Crippen molar-refractivity contribution < 1.29 is 23.9 Å². The van der Waals surface area contributed by atoms with E-state index >= 15 is 0 Å². The summed E-state index contributed by atoms with van der Waals surface area (Å²) in [6.07, 6.45) is 3.98. The maximum absolute atomic E-state index is 12.6. The Kier molecular flexibility index (Phi) is 5.41. The molecule has 1 N–H and O–H groups in total.